The molecule has 1 aromatic carbocycles. The first-order valence-electron chi connectivity index (χ1n) is 7.46. The molecule has 2 aromatic heterocycles. The SMILES string of the molecule is O=C1CNCCN1c1ccc(-c2c[nH]c3cc(F)ccc23)cn1. The minimum atomic E-state index is -0.267. The Kier molecular flexibility index (Phi) is 3.31. The van der Waals surface area contributed by atoms with E-state index in [9.17, 15) is 9.18 Å². The quantitative estimate of drug-likeness (QED) is 0.763. The van der Waals surface area contributed by atoms with Crippen molar-refractivity contribution in [1.82, 2.24) is 15.3 Å². The van der Waals surface area contributed by atoms with Gasteiger partial charge in [0.25, 0.3) is 0 Å². The van der Waals surface area contributed by atoms with Crippen LogP contribution in [0.2, 0.25) is 0 Å². The predicted octanol–water partition coefficient (Wildman–Crippen LogP) is 2.31. The van der Waals surface area contributed by atoms with Crippen molar-refractivity contribution < 1.29 is 9.18 Å². The van der Waals surface area contributed by atoms with Gasteiger partial charge in [0.2, 0.25) is 5.91 Å². The lowest BCUT2D eigenvalue weighted by atomic mass is 10.1. The summed E-state index contributed by atoms with van der Waals surface area (Å²) in [6, 6.07) is 8.45. The number of pyridine rings is 1. The zero-order valence-electron chi connectivity index (χ0n) is 12.3. The van der Waals surface area contributed by atoms with E-state index in [-0.39, 0.29) is 11.7 Å². The van der Waals surface area contributed by atoms with Crippen molar-refractivity contribution in [2.45, 2.75) is 0 Å². The predicted molar refractivity (Wildman–Crippen MR) is 86.7 cm³/mol. The first kappa shape index (κ1) is 13.9. The summed E-state index contributed by atoms with van der Waals surface area (Å²) in [5, 5.41) is 3.98. The second kappa shape index (κ2) is 5.48. The van der Waals surface area contributed by atoms with Crippen LogP contribution in [0.15, 0.2) is 42.7 Å². The second-order valence-electron chi connectivity index (χ2n) is 5.52. The van der Waals surface area contributed by atoms with Gasteiger partial charge in [0.05, 0.1) is 6.54 Å². The van der Waals surface area contributed by atoms with Crippen LogP contribution in [0.4, 0.5) is 10.2 Å². The Labute approximate surface area is 132 Å². The van der Waals surface area contributed by atoms with Crippen LogP contribution in [0.1, 0.15) is 0 Å². The molecule has 0 radical (unpaired) electrons. The Morgan fingerprint density at radius 2 is 2.13 bits per heavy atom. The summed E-state index contributed by atoms with van der Waals surface area (Å²) in [5.41, 5.74) is 2.64. The zero-order chi connectivity index (χ0) is 15.8. The maximum absolute atomic E-state index is 13.3. The number of halogens is 1. The molecule has 1 amide bonds. The van der Waals surface area contributed by atoms with Crippen LogP contribution in [-0.4, -0.2) is 35.5 Å². The lowest BCUT2D eigenvalue weighted by Crippen LogP contribution is -2.48. The molecule has 2 N–H and O–H groups in total. The molecule has 6 heteroatoms. The summed E-state index contributed by atoms with van der Waals surface area (Å²) in [5.74, 6) is 0.418. The van der Waals surface area contributed by atoms with Crippen molar-refractivity contribution in [1.29, 1.82) is 0 Å². The summed E-state index contributed by atoms with van der Waals surface area (Å²) in [6.45, 7) is 1.73. The highest BCUT2D eigenvalue weighted by molar-refractivity contribution is 5.96. The molecule has 5 nitrogen and oxygen atoms in total. The number of nitrogens with one attached hydrogen (secondary N) is 2. The molecule has 0 atom stereocenters. The molecular weight excluding hydrogens is 295 g/mol. The molecule has 0 bridgehead atoms. The van der Waals surface area contributed by atoms with Crippen LogP contribution in [0.3, 0.4) is 0 Å². The number of amides is 1. The van der Waals surface area contributed by atoms with Gasteiger partial charge in [0.1, 0.15) is 11.6 Å². The average Bonchev–Trinajstić information content (AvgIpc) is 2.98. The van der Waals surface area contributed by atoms with Crippen molar-refractivity contribution in [3.63, 3.8) is 0 Å². The van der Waals surface area contributed by atoms with Gasteiger partial charge in [0, 0.05) is 47.5 Å². The van der Waals surface area contributed by atoms with E-state index in [4.69, 9.17) is 0 Å². The van der Waals surface area contributed by atoms with E-state index in [1.54, 1.807) is 17.2 Å². The number of aromatic nitrogens is 2. The topological polar surface area (TPSA) is 61.0 Å². The highest BCUT2D eigenvalue weighted by Crippen LogP contribution is 2.29. The van der Waals surface area contributed by atoms with E-state index in [0.29, 0.717) is 18.9 Å². The van der Waals surface area contributed by atoms with Gasteiger partial charge >= 0.3 is 0 Å². The molecule has 4 rings (SSSR count). The Morgan fingerprint density at radius 3 is 2.91 bits per heavy atom. The smallest absolute Gasteiger partial charge is 0.242 e. The number of benzene rings is 1. The zero-order valence-corrected chi connectivity index (χ0v) is 12.3. The summed E-state index contributed by atoms with van der Waals surface area (Å²) >= 11 is 0. The number of nitrogens with zero attached hydrogens (tertiary/aromatic N) is 2. The van der Waals surface area contributed by atoms with E-state index in [1.807, 2.05) is 18.3 Å². The number of H-pyrrole nitrogens is 1. The molecular formula is C17H15FN4O. The molecule has 0 aliphatic carbocycles. The fraction of sp³-hybridized carbons (Fsp3) is 0.176. The van der Waals surface area contributed by atoms with Crippen molar-refractivity contribution in [2.24, 2.45) is 0 Å². The van der Waals surface area contributed by atoms with Crippen LogP contribution >= 0.6 is 0 Å². The van der Waals surface area contributed by atoms with Gasteiger partial charge in [-0.15, -0.1) is 0 Å². The minimum Gasteiger partial charge on any atom is -0.360 e. The van der Waals surface area contributed by atoms with E-state index >= 15 is 0 Å². The second-order valence-corrected chi connectivity index (χ2v) is 5.52. The van der Waals surface area contributed by atoms with E-state index in [2.05, 4.69) is 15.3 Å². The van der Waals surface area contributed by atoms with Crippen LogP contribution in [0.5, 0.6) is 0 Å². The Balaban J connectivity index is 1.68. The molecule has 3 heterocycles. The van der Waals surface area contributed by atoms with E-state index < -0.39 is 0 Å². The highest BCUT2D eigenvalue weighted by atomic mass is 19.1. The molecule has 1 aliphatic heterocycles. The standard InChI is InChI=1S/C17H15FN4O/c18-12-2-3-13-14(9-20-15(13)7-12)11-1-4-16(21-8-11)22-6-5-19-10-17(22)23/h1-4,7-9,19-20H,5-6,10H2. The first-order chi connectivity index (χ1) is 11.2. The number of rotatable bonds is 2. The summed E-state index contributed by atoms with van der Waals surface area (Å²) < 4.78 is 13.3. The molecule has 0 saturated carbocycles. The number of fused-ring (bicyclic) bond motifs is 1. The molecule has 1 saturated heterocycles. The highest BCUT2D eigenvalue weighted by Gasteiger charge is 2.20. The fourth-order valence-corrected chi connectivity index (χ4v) is 2.89. The minimum absolute atomic E-state index is 0.0269. The molecule has 116 valence electrons. The largest absolute Gasteiger partial charge is 0.360 e. The van der Waals surface area contributed by atoms with E-state index in [1.165, 1.54) is 12.1 Å². The van der Waals surface area contributed by atoms with Crippen LogP contribution in [0.25, 0.3) is 22.0 Å². The van der Waals surface area contributed by atoms with Crippen LogP contribution in [0, 0.1) is 5.82 Å². The number of carbonyl (C=O) groups is 1. The summed E-state index contributed by atoms with van der Waals surface area (Å²) in [7, 11) is 0. The molecule has 0 spiro atoms. The van der Waals surface area contributed by atoms with Crippen LogP contribution in [-0.2, 0) is 4.79 Å². The van der Waals surface area contributed by atoms with Crippen molar-refractivity contribution in [3.8, 4) is 11.1 Å². The molecule has 0 unspecified atom stereocenters. The lowest BCUT2D eigenvalue weighted by Gasteiger charge is -2.26. The van der Waals surface area contributed by atoms with Gasteiger partial charge in [-0.05, 0) is 30.3 Å². The van der Waals surface area contributed by atoms with Gasteiger partial charge < -0.3 is 10.3 Å². The van der Waals surface area contributed by atoms with Gasteiger partial charge in [-0.2, -0.15) is 0 Å². The van der Waals surface area contributed by atoms with E-state index in [0.717, 1.165) is 28.6 Å². The number of aromatic amines is 1. The molecule has 1 aliphatic rings. The fourth-order valence-electron chi connectivity index (χ4n) is 2.89. The number of anilines is 1. The third-order valence-corrected chi connectivity index (χ3v) is 4.07. The normalized spacial score (nSPS) is 15.3. The number of hydrogen-bond acceptors (Lipinski definition) is 3. The maximum Gasteiger partial charge on any atom is 0.242 e. The Morgan fingerprint density at radius 1 is 1.22 bits per heavy atom. The summed E-state index contributed by atoms with van der Waals surface area (Å²) in [4.78, 5) is 21.1. The first-order valence-corrected chi connectivity index (χ1v) is 7.46. The van der Waals surface area contributed by atoms with Crippen molar-refractivity contribution in [2.75, 3.05) is 24.5 Å². The molecule has 3 aromatic rings. The van der Waals surface area contributed by atoms with Gasteiger partial charge in [0.15, 0.2) is 0 Å². The van der Waals surface area contributed by atoms with Gasteiger partial charge in [-0.3, -0.25) is 9.69 Å². The lowest BCUT2D eigenvalue weighted by molar-refractivity contribution is -0.118. The monoisotopic (exact) mass is 310 g/mol. The summed E-state index contributed by atoms with van der Waals surface area (Å²) in [6.07, 6.45) is 3.59. The van der Waals surface area contributed by atoms with Crippen molar-refractivity contribution >= 4 is 22.6 Å². The van der Waals surface area contributed by atoms with Gasteiger partial charge in [-0.1, -0.05) is 0 Å². The number of piperazine rings is 1. The average molecular weight is 310 g/mol. The van der Waals surface area contributed by atoms with Crippen molar-refractivity contribution in [3.05, 3.63) is 48.5 Å². The van der Waals surface area contributed by atoms with Crippen LogP contribution < -0.4 is 10.2 Å². The number of hydrogen-bond donors (Lipinski definition) is 2. The number of carbonyl (C=O) groups excluding carboxylic acids is 1. The molecule has 23 heavy (non-hydrogen) atoms. The Bertz CT molecular complexity index is 872. The maximum atomic E-state index is 13.3. The van der Waals surface area contributed by atoms with Gasteiger partial charge in [-0.25, -0.2) is 9.37 Å². The third kappa shape index (κ3) is 2.47. The third-order valence-electron chi connectivity index (χ3n) is 4.07. The Hall–Kier alpha value is -2.73. The molecule has 1 fully saturated rings.